The monoisotopic (exact) mass is 805 g/mol. The van der Waals surface area contributed by atoms with Gasteiger partial charge in [0.2, 0.25) is 0 Å². The number of anilines is 3. The zero-order chi connectivity index (χ0) is 42.7. The highest BCUT2D eigenvalue weighted by atomic mass is 16.5. The first-order chi connectivity index (χ1) is 29.9. The topological polar surface area (TPSA) is 116 Å². The van der Waals surface area contributed by atoms with Crippen molar-refractivity contribution in [2.75, 3.05) is 24.9 Å². The smallest absolute Gasteiger partial charge is 0.259 e. The lowest BCUT2D eigenvalue weighted by Crippen LogP contribution is -2.14. The number of aryl methyl sites for hydroxylation is 2. The van der Waals surface area contributed by atoms with E-state index in [0.717, 1.165) is 39.7 Å². The molecule has 10 nitrogen and oxygen atoms in total. The summed E-state index contributed by atoms with van der Waals surface area (Å²) in [5.41, 5.74) is 8.27. The third kappa shape index (κ3) is 12.0. The van der Waals surface area contributed by atoms with Crippen LogP contribution in [0.25, 0.3) is 28.2 Å². The van der Waals surface area contributed by atoms with Gasteiger partial charge < -0.3 is 20.1 Å². The van der Waals surface area contributed by atoms with Crippen molar-refractivity contribution in [1.29, 1.82) is 0 Å². The summed E-state index contributed by atoms with van der Waals surface area (Å²) >= 11 is 0. The number of carbonyl (C=O) groups excluding carboxylic acids is 1. The predicted octanol–water partition coefficient (Wildman–Crippen LogP) is 11.6. The van der Waals surface area contributed by atoms with Crippen molar-refractivity contribution in [1.82, 2.24) is 24.5 Å². The Hall–Kier alpha value is -8.11. The van der Waals surface area contributed by atoms with Crippen LogP contribution in [0.4, 0.5) is 17.2 Å². The van der Waals surface area contributed by atoms with Crippen LogP contribution in [-0.4, -0.2) is 44.6 Å². The molecule has 0 fully saturated rings. The number of fused-ring (bicyclic) bond motifs is 1. The first kappa shape index (κ1) is 42.5. The summed E-state index contributed by atoms with van der Waals surface area (Å²) in [5.74, 6) is 2.46. The van der Waals surface area contributed by atoms with E-state index < -0.39 is 0 Å². The maximum absolute atomic E-state index is 12.6. The molecule has 304 valence electrons. The second-order valence-electron chi connectivity index (χ2n) is 13.4. The zero-order valence-electron chi connectivity index (χ0n) is 34.5. The van der Waals surface area contributed by atoms with E-state index in [1.165, 1.54) is 11.1 Å². The first-order valence-corrected chi connectivity index (χ1v) is 19.6. The predicted molar refractivity (Wildman–Crippen MR) is 246 cm³/mol. The van der Waals surface area contributed by atoms with Gasteiger partial charge in [0.05, 0.1) is 31.0 Å². The summed E-state index contributed by atoms with van der Waals surface area (Å²) in [5, 5.41) is 6.08. The van der Waals surface area contributed by atoms with Crippen molar-refractivity contribution in [2.24, 2.45) is 0 Å². The van der Waals surface area contributed by atoms with Gasteiger partial charge in [-0.25, -0.2) is 15.0 Å². The minimum Gasteiger partial charge on any atom is -0.496 e. The normalized spacial score (nSPS) is 10.0. The highest BCUT2D eigenvalue weighted by molar-refractivity contribution is 6.07. The number of nitrogens with one attached hydrogen (secondary N) is 2. The van der Waals surface area contributed by atoms with Crippen molar-refractivity contribution in [2.45, 2.75) is 13.8 Å². The molecule has 2 N–H and O–H groups in total. The van der Waals surface area contributed by atoms with E-state index in [1.54, 1.807) is 69.3 Å². The van der Waals surface area contributed by atoms with E-state index in [1.807, 2.05) is 109 Å². The Morgan fingerprint density at radius 2 is 1.13 bits per heavy atom. The molecule has 0 spiro atoms. The lowest BCUT2D eigenvalue weighted by molar-refractivity contribution is 0.102. The number of amides is 1. The fraction of sp³-hybridized carbons (Fsp3) is 0.0784. The Morgan fingerprint density at radius 1 is 0.557 bits per heavy atom. The summed E-state index contributed by atoms with van der Waals surface area (Å²) in [6.45, 7) is 4.19. The molecule has 0 aliphatic rings. The Morgan fingerprint density at radius 3 is 1.77 bits per heavy atom. The first-order valence-electron chi connectivity index (χ1n) is 19.6. The lowest BCUT2D eigenvalue weighted by atomic mass is 10.2. The summed E-state index contributed by atoms with van der Waals surface area (Å²) in [4.78, 5) is 29.9. The van der Waals surface area contributed by atoms with Crippen LogP contribution >= 0.6 is 0 Å². The van der Waals surface area contributed by atoms with Crippen LogP contribution in [0.5, 0.6) is 11.5 Å². The molecule has 9 aromatic rings. The maximum atomic E-state index is 12.6. The molecule has 61 heavy (non-hydrogen) atoms. The van der Waals surface area contributed by atoms with Crippen LogP contribution in [0.3, 0.4) is 0 Å². The van der Waals surface area contributed by atoms with Crippen molar-refractivity contribution in [3.05, 3.63) is 217 Å². The van der Waals surface area contributed by atoms with Crippen molar-refractivity contribution in [3.63, 3.8) is 0 Å². The number of hydrogen-bond acceptors (Lipinski definition) is 8. The summed E-state index contributed by atoms with van der Waals surface area (Å²) < 4.78 is 12.8. The number of methoxy groups -OCH3 is 2. The quantitative estimate of drug-likeness (QED) is 0.156. The number of ether oxygens (including phenoxy) is 2. The van der Waals surface area contributed by atoms with Gasteiger partial charge in [-0.1, -0.05) is 102 Å². The number of imidazole rings is 1. The average molecular weight is 806 g/mol. The van der Waals surface area contributed by atoms with Gasteiger partial charge in [-0.3, -0.25) is 14.3 Å². The van der Waals surface area contributed by atoms with Crippen LogP contribution < -0.4 is 20.1 Å². The number of para-hydroxylation sites is 4. The Bertz CT molecular complexity index is 2660. The van der Waals surface area contributed by atoms with Gasteiger partial charge in [-0.2, -0.15) is 0 Å². The number of hydrogen-bond donors (Lipinski definition) is 2. The van der Waals surface area contributed by atoms with Crippen LogP contribution in [0.2, 0.25) is 0 Å². The van der Waals surface area contributed by atoms with Crippen molar-refractivity contribution < 1.29 is 14.3 Å². The third-order valence-electron chi connectivity index (χ3n) is 9.01. The molecule has 4 heterocycles. The lowest BCUT2D eigenvalue weighted by Gasteiger charge is -2.13. The Labute approximate surface area is 356 Å². The Balaban J connectivity index is 0.000000155. The zero-order valence-corrected chi connectivity index (χ0v) is 34.5. The molecule has 0 bridgehead atoms. The van der Waals surface area contributed by atoms with Crippen LogP contribution in [0, 0.1) is 13.8 Å². The molecule has 9 rings (SSSR count). The molecule has 0 saturated heterocycles. The van der Waals surface area contributed by atoms with Crippen LogP contribution in [0.15, 0.2) is 201 Å². The number of benzene rings is 5. The van der Waals surface area contributed by atoms with E-state index in [9.17, 15) is 4.79 Å². The number of aromatic nitrogens is 5. The Kier molecular flexibility index (Phi) is 15.4. The standard InChI is InChI=1S/C19H17N3O2.C19H15N3O.C8H10.C5H5N/c1-24-17-12-6-5-10-15(17)19(23)22-16-11-7-13-20-18(16)21-14-8-3-2-4-9-14;1-23-17-12-6-5-10-15(17)18-21-16-11-7-13-20-19(16)22(18)14-8-3-2-4-9-14;1-7-3-5-8(2)6-4-7;1-2-4-6-5-3-1/h2-13H,1H3,(H,20,21)(H,22,23);2-13H,1H3;3-6H,1-2H3;1-5H. The van der Waals surface area contributed by atoms with E-state index in [4.69, 9.17) is 14.5 Å². The number of pyridine rings is 3. The average Bonchev–Trinajstić information content (AvgIpc) is 3.72. The van der Waals surface area contributed by atoms with Gasteiger partial charge in [-0.15, -0.1) is 0 Å². The molecule has 10 heteroatoms. The maximum Gasteiger partial charge on any atom is 0.259 e. The van der Waals surface area contributed by atoms with Gasteiger partial charge in [0, 0.05) is 36.2 Å². The van der Waals surface area contributed by atoms with Crippen LogP contribution in [-0.2, 0) is 0 Å². The highest BCUT2D eigenvalue weighted by Gasteiger charge is 2.18. The number of rotatable bonds is 8. The van der Waals surface area contributed by atoms with Crippen LogP contribution in [0.1, 0.15) is 21.5 Å². The fourth-order valence-electron chi connectivity index (χ4n) is 5.98. The molecule has 1 amide bonds. The molecular formula is C51H47N7O3. The molecule has 5 aromatic carbocycles. The van der Waals surface area contributed by atoms with Crippen molar-refractivity contribution in [3.8, 4) is 28.6 Å². The van der Waals surface area contributed by atoms with Crippen molar-refractivity contribution >= 4 is 34.3 Å². The minimum atomic E-state index is -0.253. The minimum absolute atomic E-state index is 0.253. The van der Waals surface area contributed by atoms with E-state index >= 15 is 0 Å². The molecule has 0 saturated carbocycles. The van der Waals surface area contributed by atoms with E-state index in [2.05, 4.69) is 80.4 Å². The van der Waals surface area contributed by atoms with Gasteiger partial charge in [0.15, 0.2) is 17.3 Å². The molecule has 0 aliphatic carbocycles. The molecule has 0 atom stereocenters. The van der Waals surface area contributed by atoms with Gasteiger partial charge in [0.1, 0.15) is 17.0 Å². The molecular weight excluding hydrogens is 759 g/mol. The van der Waals surface area contributed by atoms with Gasteiger partial charge >= 0.3 is 0 Å². The molecule has 0 aliphatic heterocycles. The van der Waals surface area contributed by atoms with Gasteiger partial charge in [-0.05, 0) is 98.8 Å². The summed E-state index contributed by atoms with van der Waals surface area (Å²) in [6, 6.07) is 56.4. The summed E-state index contributed by atoms with van der Waals surface area (Å²) in [6.07, 6.45) is 6.96. The van der Waals surface area contributed by atoms with E-state index in [0.29, 0.717) is 22.8 Å². The fourth-order valence-corrected chi connectivity index (χ4v) is 5.98. The van der Waals surface area contributed by atoms with Gasteiger partial charge in [0.25, 0.3) is 5.91 Å². The molecule has 0 unspecified atom stereocenters. The largest absolute Gasteiger partial charge is 0.496 e. The molecule has 4 aromatic heterocycles. The third-order valence-corrected chi connectivity index (χ3v) is 9.01. The summed E-state index contributed by atoms with van der Waals surface area (Å²) in [7, 11) is 3.21. The molecule has 0 radical (unpaired) electrons. The highest BCUT2D eigenvalue weighted by Crippen LogP contribution is 2.33. The second kappa shape index (κ2) is 22.2. The SMILES string of the molecule is COc1ccccc1-c1nc2cccnc2n1-c1ccccc1.COc1ccccc1C(=O)Nc1cccnc1Nc1ccccc1.Cc1ccc(C)cc1.c1ccncc1. The number of nitrogens with zero attached hydrogens (tertiary/aromatic N) is 5. The number of carbonyl (C=O) groups is 1. The van der Waals surface area contributed by atoms with E-state index in [-0.39, 0.29) is 5.91 Å². The second-order valence-corrected chi connectivity index (χ2v) is 13.4.